The Labute approximate surface area is 131 Å². The molecule has 118 valence electrons. The van der Waals surface area contributed by atoms with E-state index in [9.17, 15) is 13.2 Å². The van der Waals surface area contributed by atoms with Crippen LogP contribution in [0.5, 0.6) is 5.75 Å². The number of hydrogen-bond acceptors (Lipinski definition) is 7. The zero-order valence-electron chi connectivity index (χ0n) is 11.6. The summed E-state index contributed by atoms with van der Waals surface area (Å²) in [6, 6.07) is 6.14. The molecular formula is C13H11N5O4S. The lowest BCUT2D eigenvalue weighted by atomic mass is 10.3. The third-order valence-corrected chi connectivity index (χ3v) is 3.75. The van der Waals surface area contributed by atoms with Gasteiger partial charge in [0, 0.05) is 6.07 Å². The molecule has 0 atom stereocenters. The van der Waals surface area contributed by atoms with E-state index in [0.717, 1.165) is 6.26 Å². The van der Waals surface area contributed by atoms with Crippen LogP contribution in [-0.2, 0) is 10.0 Å². The van der Waals surface area contributed by atoms with Gasteiger partial charge in [0.15, 0.2) is 5.82 Å². The number of carbonyl (C=O) groups excluding carboxylic acids is 1. The van der Waals surface area contributed by atoms with Crippen LogP contribution in [0.4, 0.5) is 10.6 Å². The van der Waals surface area contributed by atoms with Gasteiger partial charge in [0.05, 0.1) is 6.20 Å². The van der Waals surface area contributed by atoms with E-state index in [2.05, 4.69) is 33.0 Å². The maximum atomic E-state index is 12.3. The van der Waals surface area contributed by atoms with Crippen molar-refractivity contribution in [1.29, 1.82) is 0 Å². The van der Waals surface area contributed by atoms with Crippen molar-refractivity contribution >= 4 is 21.9 Å². The van der Waals surface area contributed by atoms with Crippen LogP contribution in [0.2, 0.25) is 0 Å². The maximum Gasteiger partial charge on any atom is 0.334 e. The number of nitrogens with one attached hydrogen (secondary N) is 2. The fourth-order valence-corrected chi connectivity index (χ4v) is 2.55. The lowest BCUT2D eigenvalue weighted by Crippen LogP contribution is -2.34. The summed E-state index contributed by atoms with van der Waals surface area (Å²) in [6.45, 7) is 3.31. The van der Waals surface area contributed by atoms with Crippen LogP contribution in [0.25, 0.3) is 0 Å². The molecule has 0 unspecified atom stereocenters. The van der Waals surface area contributed by atoms with Gasteiger partial charge in [0.1, 0.15) is 16.9 Å². The molecule has 0 radical (unpaired) electrons. The Morgan fingerprint density at radius 3 is 2.78 bits per heavy atom. The van der Waals surface area contributed by atoms with Crippen molar-refractivity contribution in [2.24, 2.45) is 0 Å². The number of ether oxygens (including phenoxy) is 1. The molecular weight excluding hydrogens is 322 g/mol. The van der Waals surface area contributed by atoms with Gasteiger partial charge in [-0.1, -0.05) is 24.4 Å². The topological polar surface area (TPSA) is 123 Å². The second-order valence-electron chi connectivity index (χ2n) is 3.95. The van der Waals surface area contributed by atoms with Crippen molar-refractivity contribution in [1.82, 2.24) is 20.1 Å². The zero-order valence-corrected chi connectivity index (χ0v) is 12.4. The molecule has 0 aliphatic carbocycles. The van der Waals surface area contributed by atoms with E-state index in [0.29, 0.717) is 0 Å². The van der Waals surface area contributed by atoms with Gasteiger partial charge in [-0.25, -0.2) is 17.9 Å². The predicted molar refractivity (Wildman–Crippen MR) is 79.9 cm³/mol. The number of nitrogens with zero attached hydrogens (tertiary/aromatic N) is 3. The Morgan fingerprint density at radius 1 is 1.30 bits per heavy atom. The van der Waals surface area contributed by atoms with E-state index in [1.54, 1.807) is 6.07 Å². The summed E-state index contributed by atoms with van der Waals surface area (Å²) in [7, 11) is -4.16. The molecule has 9 nitrogen and oxygen atoms in total. The molecule has 2 rings (SSSR count). The number of sulfonamides is 1. The van der Waals surface area contributed by atoms with Crippen molar-refractivity contribution in [3.63, 3.8) is 0 Å². The molecule has 1 heterocycles. The third-order valence-electron chi connectivity index (χ3n) is 2.38. The molecule has 0 aliphatic heterocycles. The fourth-order valence-electron chi connectivity index (χ4n) is 1.50. The summed E-state index contributed by atoms with van der Waals surface area (Å²) < 4.78 is 31.5. The summed E-state index contributed by atoms with van der Waals surface area (Å²) in [6.07, 6.45) is 2.39. The van der Waals surface area contributed by atoms with E-state index in [1.165, 1.54) is 30.5 Å². The number of carbonyl (C=O) groups is 1. The van der Waals surface area contributed by atoms with Gasteiger partial charge < -0.3 is 4.74 Å². The molecule has 1 aromatic heterocycles. The van der Waals surface area contributed by atoms with E-state index in [1.807, 2.05) is 4.72 Å². The summed E-state index contributed by atoms with van der Waals surface area (Å²) in [5.74, 6) is 0.0690. The number of amides is 2. The SMILES string of the molecule is C=C=COc1ccccc1S(=O)(=O)NC(=O)Nc1ccnnn1. The van der Waals surface area contributed by atoms with Gasteiger partial charge in [-0.15, -0.1) is 10.2 Å². The minimum atomic E-state index is -4.16. The van der Waals surface area contributed by atoms with Crippen molar-refractivity contribution in [3.05, 3.63) is 55.1 Å². The first kappa shape index (κ1) is 16.1. The van der Waals surface area contributed by atoms with Crippen LogP contribution < -0.4 is 14.8 Å². The number of hydrogen-bond donors (Lipinski definition) is 2. The Morgan fingerprint density at radius 2 is 2.09 bits per heavy atom. The average molecular weight is 333 g/mol. The van der Waals surface area contributed by atoms with Gasteiger partial charge >= 0.3 is 6.03 Å². The second-order valence-corrected chi connectivity index (χ2v) is 5.60. The van der Waals surface area contributed by atoms with E-state index < -0.39 is 16.1 Å². The maximum absolute atomic E-state index is 12.3. The first-order valence-corrected chi connectivity index (χ1v) is 7.59. The number of rotatable bonds is 5. The highest BCUT2D eigenvalue weighted by atomic mass is 32.2. The molecule has 10 heteroatoms. The lowest BCUT2D eigenvalue weighted by molar-refractivity contribution is 0.256. The van der Waals surface area contributed by atoms with Crippen molar-refractivity contribution in [2.75, 3.05) is 5.32 Å². The molecule has 23 heavy (non-hydrogen) atoms. The van der Waals surface area contributed by atoms with Gasteiger partial charge in [-0.3, -0.25) is 5.32 Å². The smallest absolute Gasteiger partial charge is 0.334 e. The zero-order chi connectivity index (χ0) is 16.7. The quantitative estimate of drug-likeness (QED) is 0.619. The molecule has 1 aromatic carbocycles. The highest BCUT2D eigenvalue weighted by Gasteiger charge is 2.22. The van der Waals surface area contributed by atoms with Crippen LogP contribution >= 0.6 is 0 Å². The number of aromatic nitrogens is 3. The van der Waals surface area contributed by atoms with Crippen LogP contribution in [-0.4, -0.2) is 29.9 Å². The first-order chi connectivity index (χ1) is 11.0. The average Bonchev–Trinajstić information content (AvgIpc) is 2.53. The Hall–Kier alpha value is -3.23. The van der Waals surface area contributed by atoms with Crippen LogP contribution in [0.1, 0.15) is 0 Å². The Balaban J connectivity index is 2.19. The van der Waals surface area contributed by atoms with E-state index in [-0.39, 0.29) is 16.5 Å². The second kappa shape index (κ2) is 7.16. The minimum Gasteiger partial charge on any atom is -0.455 e. The highest BCUT2D eigenvalue weighted by Crippen LogP contribution is 2.23. The van der Waals surface area contributed by atoms with Crippen molar-refractivity contribution in [2.45, 2.75) is 4.90 Å². The molecule has 0 fully saturated rings. The standard InChI is InChI=1S/C13H11N5O4S/c1-2-9-22-10-5-3-4-6-11(10)23(20,21)17-13(19)15-12-7-8-14-18-16-12/h3-9H,1H2,(H2,14,15,16,17,19). The van der Waals surface area contributed by atoms with Crippen molar-refractivity contribution < 1.29 is 17.9 Å². The lowest BCUT2D eigenvalue weighted by Gasteiger charge is -2.10. The highest BCUT2D eigenvalue weighted by molar-refractivity contribution is 7.90. The summed E-state index contributed by atoms with van der Waals surface area (Å²) in [5, 5.41) is 12.5. The summed E-state index contributed by atoms with van der Waals surface area (Å²) >= 11 is 0. The van der Waals surface area contributed by atoms with Crippen LogP contribution in [0.3, 0.4) is 0 Å². The summed E-state index contributed by atoms with van der Waals surface area (Å²) in [4.78, 5) is 11.5. The van der Waals surface area contributed by atoms with E-state index in [4.69, 9.17) is 4.74 Å². The molecule has 2 N–H and O–H groups in total. The number of para-hydroxylation sites is 1. The normalized spacial score (nSPS) is 10.3. The number of benzene rings is 1. The molecule has 0 aliphatic rings. The van der Waals surface area contributed by atoms with Gasteiger partial charge in [-0.05, 0) is 17.3 Å². The molecule has 2 aromatic rings. The monoisotopic (exact) mass is 333 g/mol. The Kier molecular flexibility index (Phi) is 5.03. The number of urea groups is 1. The minimum absolute atomic E-state index is 0.0210. The van der Waals surface area contributed by atoms with Gasteiger partial charge in [-0.2, -0.15) is 0 Å². The van der Waals surface area contributed by atoms with Crippen molar-refractivity contribution in [3.8, 4) is 5.75 Å². The van der Waals surface area contributed by atoms with Crippen LogP contribution in [0, 0.1) is 0 Å². The van der Waals surface area contributed by atoms with Gasteiger partial charge in [0.2, 0.25) is 0 Å². The fraction of sp³-hybridized carbons (Fsp3) is 0. The third kappa shape index (κ3) is 4.37. The molecule has 0 bridgehead atoms. The van der Waals surface area contributed by atoms with Gasteiger partial charge in [0.25, 0.3) is 10.0 Å². The summed E-state index contributed by atoms with van der Waals surface area (Å²) in [5.41, 5.74) is 2.36. The van der Waals surface area contributed by atoms with Crippen LogP contribution in [0.15, 0.2) is 60.0 Å². The molecule has 0 spiro atoms. The molecule has 0 saturated carbocycles. The van der Waals surface area contributed by atoms with E-state index >= 15 is 0 Å². The first-order valence-electron chi connectivity index (χ1n) is 6.11. The predicted octanol–water partition coefficient (Wildman–Crippen LogP) is 1.06. The molecule has 0 saturated heterocycles. The molecule has 2 amide bonds. The largest absolute Gasteiger partial charge is 0.455 e. The Bertz CT molecular complexity index is 848. The number of anilines is 1.